The van der Waals surface area contributed by atoms with Crippen LogP contribution in [0, 0.1) is 0 Å². The minimum Gasteiger partial charge on any atom is -0.457 e. The van der Waals surface area contributed by atoms with Crippen LogP contribution < -0.4 is 0 Å². The van der Waals surface area contributed by atoms with Crippen LogP contribution in [0.1, 0.15) is 11.3 Å². The molecule has 0 fully saturated rings. The van der Waals surface area contributed by atoms with E-state index in [1.807, 2.05) is 47.1 Å². The predicted molar refractivity (Wildman–Crippen MR) is 93.9 cm³/mol. The van der Waals surface area contributed by atoms with E-state index in [1.54, 1.807) is 6.07 Å². The van der Waals surface area contributed by atoms with E-state index in [0.717, 1.165) is 22.2 Å². The highest BCUT2D eigenvalue weighted by Gasteiger charge is 2.16. The van der Waals surface area contributed by atoms with E-state index in [4.69, 9.17) is 21.1 Å². The minimum absolute atomic E-state index is 0.130. The number of furan rings is 1. The Labute approximate surface area is 143 Å². The van der Waals surface area contributed by atoms with E-state index in [1.165, 1.54) is 0 Å². The number of fused-ring (bicyclic) bond motifs is 1. The lowest BCUT2D eigenvalue weighted by Gasteiger charge is -2.03. The Morgan fingerprint density at radius 2 is 1.88 bits per heavy atom. The molecule has 0 aliphatic heterocycles. The molecule has 0 radical (unpaired) electrons. The Morgan fingerprint density at radius 3 is 2.62 bits per heavy atom. The van der Waals surface area contributed by atoms with E-state index >= 15 is 0 Å². The van der Waals surface area contributed by atoms with Crippen molar-refractivity contribution < 1.29 is 9.52 Å². The van der Waals surface area contributed by atoms with Crippen molar-refractivity contribution in [1.82, 2.24) is 9.78 Å². The molecule has 1 N–H and O–H groups in total. The predicted octanol–water partition coefficient (Wildman–Crippen LogP) is 4.49. The molecule has 2 heterocycles. The van der Waals surface area contributed by atoms with Gasteiger partial charge in [0.15, 0.2) is 5.76 Å². The Kier molecular flexibility index (Phi) is 3.84. The first kappa shape index (κ1) is 15.0. The maximum atomic E-state index is 9.21. The van der Waals surface area contributed by atoms with Gasteiger partial charge in [-0.2, -0.15) is 5.10 Å². The van der Waals surface area contributed by atoms with Gasteiger partial charge < -0.3 is 9.52 Å². The van der Waals surface area contributed by atoms with Gasteiger partial charge >= 0.3 is 0 Å². The minimum atomic E-state index is -0.130. The normalized spacial score (nSPS) is 11.2. The van der Waals surface area contributed by atoms with E-state index in [2.05, 4.69) is 12.1 Å². The summed E-state index contributed by atoms with van der Waals surface area (Å²) in [5.74, 6) is 1.16. The van der Waals surface area contributed by atoms with Gasteiger partial charge in [-0.15, -0.1) is 0 Å². The molecule has 120 valence electrons. The highest BCUT2D eigenvalue weighted by atomic mass is 35.5. The summed E-state index contributed by atoms with van der Waals surface area (Å²) in [6, 6.07) is 19.4. The van der Waals surface area contributed by atoms with Crippen LogP contribution in [0.25, 0.3) is 22.4 Å². The first-order valence-electron chi connectivity index (χ1n) is 7.64. The van der Waals surface area contributed by atoms with Crippen molar-refractivity contribution in [2.45, 2.75) is 13.2 Å². The van der Waals surface area contributed by atoms with Crippen molar-refractivity contribution in [2.24, 2.45) is 0 Å². The first-order chi connectivity index (χ1) is 11.7. The van der Waals surface area contributed by atoms with Crippen LogP contribution in [0.4, 0.5) is 0 Å². The summed E-state index contributed by atoms with van der Waals surface area (Å²) in [4.78, 5) is 0. The van der Waals surface area contributed by atoms with E-state index in [9.17, 15) is 5.11 Å². The van der Waals surface area contributed by atoms with Crippen molar-refractivity contribution in [3.05, 3.63) is 77.0 Å². The molecule has 0 aliphatic carbocycles. The van der Waals surface area contributed by atoms with Gasteiger partial charge in [0.1, 0.15) is 18.1 Å². The molecule has 4 aromatic rings. The zero-order chi connectivity index (χ0) is 16.5. The maximum absolute atomic E-state index is 9.21. The van der Waals surface area contributed by atoms with E-state index < -0.39 is 0 Å². The van der Waals surface area contributed by atoms with Crippen molar-refractivity contribution in [3.8, 4) is 11.5 Å². The molecule has 4 rings (SSSR count). The van der Waals surface area contributed by atoms with Gasteiger partial charge in [0, 0.05) is 10.4 Å². The average molecular weight is 339 g/mol. The molecule has 2 aromatic heterocycles. The second-order valence-corrected chi connectivity index (χ2v) is 6.01. The molecule has 0 saturated carbocycles. The molecule has 0 amide bonds. The number of aromatic nitrogens is 2. The summed E-state index contributed by atoms with van der Waals surface area (Å²) >= 11 is 6.18. The molecule has 0 atom stereocenters. The van der Waals surface area contributed by atoms with Crippen LogP contribution >= 0.6 is 11.6 Å². The first-order valence-corrected chi connectivity index (χ1v) is 8.02. The number of hydrogen-bond acceptors (Lipinski definition) is 3. The molecular weight excluding hydrogens is 324 g/mol. The Balaban J connectivity index is 1.86. The summed E-state index contributed by atoms with van der Waals surface area (Å²) in [6.07, 6.45) is 0. The third kappa shape index (κ3) is 2.70. The van der Waals surface area contributed by atoms with Gasteiger partial charge in [-0.05, 0) is 35.9 Å². The number of aliphatic hydroxyl groups excluding tert-OH is 1. The fourth-order valence-electron chi connectivity index (χ4n) is 2.80. The fourth-order valence-corrected chi connectivity index (χ4v) is 2.96. The SMILES string of the molecule is OCc1ccc(-c2nn(Cc3ccccc3)c3cc(Cl)ccc23)o1. The molecule has 0 saturated heterocycles. The van der Waals surface area contributed by atoms with Gasteiger partial charge in [-0.3, -0.25) is 4.68 Å². The second kappa shape index (κ2) is 6.15. The smallest absolute Gasteiger partial charge is 0.155 e. The number of halogens is 1. The van der Waals surface area contributed by atoms with Crippen LogP contribution in [0.15, 0.2) is 65.1 Å². The lowest BCUT2D eigenvalue weighted by atomic mass is 10.2. The summed E-state index contributed by atoms with van der Waals surface area (Å²) in [7, 11) is 0. The Hall–Kier alpha value is -2.56. The second-order valence-electron chi connectivity index (χ2n) is 5.58. The Morgan fingerprint density at radius 1 is 1.04 bits per heavy atom. The van der Waals surface area contributed by atoms with Gasteiger partial charge in [-0.25, -0.2) is 0 Å². The summed E-state index contributed by atoms with van der Waals surface area (Å²) < 4.78 is 7.59. The van der Waals surface area contributed by atoms with Crippen molar-refractivity contribution in [2.75, 3.05) is 0 Å². The van der Waals surface area contributed by atoms with E-state index in [0.29, 0.717) is 23.1 Å². The quantitative estimate of drug-likeness (QED) is 0.596. The van der Waals surface area contributed by atoms with Crippen LogP contribution in [0.5, 0.6) is 0 Å². The monoisotopic (exact) mass is 338 g/mol. The van der Waals surface area contributed by atoms with Crippen molar-refractivity contribution >= 4 is 22.5 Å². The molecule has 4 nitrogen and oxygen atoms in total. The molecular formula is C19H15ClN2O2. The average Bonchev–Trinajstić information content (AvgIpc) is 3.21. The lowest BCUT2D eigenvalue weighted by molar-refractivity contribution is 0.248. The van der Waals surface area contributed by atoms with Crippen LogP contribution in [0.2, 0.25) is 5.02 Å². The van der Waals surface area contributed by atoms with Crippen molar-refractivity contribution in [3.63, 3.8) is 0 Å². The zero-order valence-corrected chi connectivity index (χ0v) is 13.6. The van der Waals surface area contributed by atoms with Gasteiger partial charge in [0.2, 0.25) is 0 Å². The molecule has 0 unspecified atom stereocenters. The maximum Gasteiger partial charge on any atom is 0.155 e. The lowest BCUT2D eigenvalue weighted by Crippen LogP contribution is -2.01. The number of hydrogen-bond donors (Lipinski definition) is 1. The number of benzene rings is 2. The van der Waals surface area contributed by atoms with Gasteiger partial charge in [0.05, 0.1) is 12.1 Å². The standard InChI is InChI=1S/C19H15ClN2O2/c20-14-6-8-16-17(10-14)22(11-13-4-2-1-3-5-13)21-19(16)18-9-7-15(12-23)24-18/h1-10,23H,11-12H2. The molecule has 5 heteroatoms. The largest absolute Gasteiger partial charge is 0.457 e. The molecule has 0 aliphatic rings. The summed E-state index contributed by atoms with van der Waals surface area (Å²) in [5, 5.41) is 15.6. The highest BCUT2D eigenvalue weighted by Crippen LogP contribution is 2.31. The third-order valence-corrected chi connectivity index (χ3v) is 4.17. The zero-order valence-electron chi connectivity index (χ0n) is 12.8. The number of nitrogens with zero attached hydrogens (tertiary/aromatic N) is 2. The van der Waals surface area contributed by atoms with Crippen LogP contribution in [-0.2, 0) is 13.2 Å². The molecule has 2 aromatic carbocycles. The molecule has 0 bridgehead atoms. The topological polar surface area (TPSA) is 51.2 Å². The fraction of sp³-hybridized carbons (Fsp3) is 0.105. The molecule has 0 spiro atoms. The third-order valence-electron chi connectivity index (χ3n) is 3.94. The summed E-state index contributed by atoms with van der Waals surface area (Å²) in [5.41, 5.74) is 2.85. The van der Waals surface area contributed by atoms with Crippen LogP contribution in [0.3, 0.4) is 0 Å². The van der Waals surface area contributed by atoms with E-state index in [-0.39, 0.29) is 6.61 Å². The number of aliphatic hydroxyl groups is 1. The van der Waals surface area contributed by atoms with Crippen molar-refractivity contribution in [1.29, 1.82) is 0 Å². The number of rotatable bonds is 4. The highest BCUT2D eigenvalue weighted by molar-refractivity contribution is 6.31. The molecule has 24 heavy (non-hydrogen) atoms. The van der Waals surface area contributed by atoms with Gasteiger partial charge in [0.25, 0.3) is 0 Å². The van der Waals surface area contributed by atoms with Crippen LogP contribution in [-0.4, -0.2) is 14.9 Å². The summed E-state index contributed by atoms with van der Waals surface area (Å²) in [6.45, 7) is 0.514. The van der Waals surface area contributed by atoms with Gasteiger partial charge in [-0.1, -0.05) is 41.9 Å². The Bertz CT molecular complexity index is 989.